The predicted molar refractivity (Wildman–Crippen MR) is 113 cm³/mol. The molecule has 3 N–H and O–H groups in total. The first-order valence-corrected chi connectivity index (χ1v) is 10.0. The summed E-state index contributed by atoms with van der Waals surface area (Å²) in [7, 11) is 0. The molecule has 0 bridgehead atoms. The van der Waals surface area contributed by atoms with E-state index in [9.17, 15) is 9.59 Å². The van der Waals surface area contributed by atoms with Crippen molar-refractivity contribution in [3.05, 3.63) is 47.3 Å². The number of carboxylic acid groups (broad SMARTS) is 1. The number of morpholine rings is 1. The Morgan fingerprint density at radius 1 is 1.14 bits per heavy atom. The van der Waals surface area contributed by atoms with Crippen molar-refractivity contribution in [1.29, 1.82) is 0 Å². The van der Waals surface area contributed by atoms with Gasteiger partial charge in [-0.2, -0.15) is 0 Å². The number of hydrogen-bond acceptors (Lipinski definition) is 7. The SMILES string of the molecule is O=C(O)CNc1nc(N2CCOCC2)sc1C(=O)Nc1ccc2ccccc2c1. The molecule has 150 valence electrons. The predicted octanol–water partition coefficient (Wildman–Crippen LogP) is 2.88. The molecule has 9 heteroatoms. The molecular weight excluding hydrogens is 392 g/mol. The van der Waals surface area contributed by atoms with E-state index in [2.05, 4.69) is 15.6 Å². The number of aromatic nitrogens is 1. The minimum Gasteiger partial charge on any atom is -0.480 e. The van der Waals surface area contributed by atoms with Crippen LogP contribution in [-0.4, -0.2) is 54.8 Å². The molecule has 0 aliphatic carbocycles. The summed E-state index contributed by atoms with van der Waals surface area (Å²) in [4.78, 5) is 30.8. The number of amides is 1. The van der Waals surface area contributed by atoms with Gasteiger partial charge in [0.2, 0.25) is 0 Å². The number of anilines is 3. The molecular formula is C20H20N4O4S. The van der Waals surface area contributed by atoms with E-state index in [1.807, 2.05) is 47.4 Å². The molecule has 0 atom stereocenters. The van der Waals surface area contributed by atoms with Crippen LogP contribution < -0.4 is 15.5 Å². The van der Waals surface area contributed by atoms with Crippen LogP contribution >= 0.6 is 11.3 Å². The van der Waals surface area contributed by atoms with Crippen molar-refractivity contribution in [3.63, 3.8) is 0 Å². The summed E-state index contributed by atoms with van der Waals surface area (Å²) in [6.45, 7) is 2.23. The first kappa shape index (κ1) is 19.2. The van der Waals surface area contributed by atoms with Crippen molar-refractivity contribution in [1.82, 2.24) is 4.98 Å². The number of fused-ring (bicyclic) bond motifs is 1. The Morgan fingerprint density at radius 2 is 1.90 bits per heavy atom. The topological polar surface area (TPSA) is 104 Å². The smallest absolute Gasteiger partial charge is 0.322 e. The van der Waals surface area contributed by atoms with Crippen LogP contribution in [-0.2, 0) is 9.53 Å². The van der Waals surface area contributed by atoms with Gasteiger partial charge in [-0.3, -0.25) is 9.59 Å². The van der Waals surface area contributed by atoms with Crippen molar-refractivity contribution in [2.24, 2.45) is 0 Å². The fourth-order valence-electron chi connectivity index (χ4n) is 3.09. The monoisotopic (exact) mass is 412 g/mol. The summed E-state index contributed by atoms with van der Waals surface area (Å²) < 4.78 is 5.36. The first-order valence-electron chi connectivity index (χ1n) is 9.19. The zero-order valence-corrected chi connectivity index (χ0v) is 16.4. The minimum absolute atomic E-state index is 0.275. The Bertz CT molecular complexity index is 1050. The van der Waals surface area contributed by atoms with Crippen molar-refractivity contribution in [3.8, 4) is 0 Å². The van der Waals surface area contributed by atoms with Crippen LogP contribution in [0.1, 0.15) is 9.67 Å². The lowest BCUT2D eigenvalue weighted by Gasteiger charge is -2.25. The number of ether oxygens (including phenoxy) is 1. The van der Waals surface area contributed by atoms with Gasteiger partial charge in [0.1, 0.15) is 11.4 Å². The second-order valence-electron chi connectivity index (χ2n) is 6.54. The normalized spacial score (nSPS) is 14.0. The minimum atomic E-state index is -1.02. The molecule has 3 aromatic rings. The van der Waals surface area contributed by atoms with Crippen LogP contribution in [0.5, 0.6) is 0 Å². The molecule has 0 unspecified atom stereocenters. The molecule has 0 saturated carbocycles. The van der Waals surface area contributed by atoms with E-state index in [0.717, 1.165) is 10.8 Å². The number of nitrogens with one attached hydrogen (secondary N) is 2. The highest BCUT2D eigenvalue weighted by Crippen LogP contribution is 2.31. The molecule has 1 aliphatic rings. The Labute approximate surface area is 171 Å². The number of carbonyl (C=O) groups excluding carboxylic acids is 1. The molecule has 0 spiro atoms. The maximum absolute atomic E-state index is 12.9. The standard InChI is InChI=1S/C20H20N4O4S/c25-16(26)12-21-18-17(29-20(23-18)24-7-9-28-10-8-24)19(27)22-15-6-5-13-3-1-2-4-14(13)11-15/h1-6,11,21H,7-10,12H2,(H,22,27)(H,25,26). The molecule has 2 heterocycles. The molecule has 4 rings (SSSR count). The van der Waals surface area contributed by atoms with E-state index in [4.69, 9.17) is 9.84 Å². The summed E-state index contributed by atoms with van der Waals surface area (Å²) in [5.74, 6) is -1.07. The third-order valence-corrected chi connectivity index (χ3v) is 5.63. The van der Waals surface area contributed by atoms with Gasteiger partial charge in [0, 0.05) is 18.8 Å². The lowest BCUT2D eigenvalue weighted by Crippen LogP contribution is -2.36. The average molecular weight is 412 g/mol. The summed E-state index contributed by atoms with van der Waals surface area (Å²) in [5, 5.41) is 17.4. The highest BCUT2D eigenvalue weighted by molar-refractivity contribution is 7.18. The zero-order chi connectivity index (χ0) is 20.2. The van der Waals surface area contributed by atoms with Gasteiger partial charge in [-0.05, 0) is 22.9 Å². The van der Waals surface area contributed by atoms with Gasteiger partial charge in [0.05, 0.1) is 13.2 Å². The fourth-order valence-corrected chi connectivity index (χ4v) is 4.08. The van der Waals surface area contributed by atoms with Crippen LogP contribution in [0.15, 0.2) is 42.5 Å². The number of hydrogen-bond donors (Lipinski definition) is 3. The van der Waals surface area contributed by atoms with Crippen molar-refractivity contribution in [2.75, 3.05) is 48.4 Å². The third kappa shape index (κ3) is 4.47. The van der Waals surface area contributed by atoms with E-state index < -0.39 is 5.97 Å². The summed E-state index contributed by atoms with van der Waals surface area (Å²) in [5.41, 5.74) is 0.666. The molecule has 1 fully saturated rings. The van der Waals surface area contributed by atoms with Gasteiger partial charge in [-0.15, -0.1) is 0 Å². The average Bonchev–Trinajstić information content (AvgIpc) is 3.17. The number of aliphatic carboxylic acids is 1. The van der Waals surface area contributed by atoms with Gasteiger partial charge in [0.25, 0.3) is 5.91 Å². The van der Waals surface area contributed by atoms with E-state index in [0.29, 0.717) is 42.0 Å². The molecule has 1 aliphatic heterocycles. The van der Waals surface area contributed by atoms with Gasteiger partial charge in [0.15, 0.2) is 10.9 Å². The third-order valence-electron chi connectivity index (χ3n) is 4.52. The number of nitrogens with zero attached hydrogens (tertiary/aromatic N) is 2. The molecule has 1 saturated heterocycles. The van der Waals surface area contributed by atoms with E-state index in [-0.39, 0.29) is 18.3 Å². The summed E-state index contributed by atoms with van der Waals surface area (Å²) in [6.07, 6.45) is 0. The Hall–Kier alpha value is -3.17. The highest BCUT2D eigenvalue weighted by atomic mass is 32.1. The van der Waals surface area contributed by atoms with E-state index in [1.54, 1.807) is 0 Å². The van der Waals surface area contributed by atoms with Crippen molar-refractivity contribution < 1.29 is 19.4 Å². The number of rotatable bonds is 6. The molecule has 29 heavy (non-hydrogen) atoms. The number of carboxylic acids is 1. The van der Waals surface area contributed by atoms with Crippen LogP contribution in [0.2, 0.25) is 0 Å². The second-order valence-corrected chi connectivity index (χ2v) is 7.51. The van der Waals surface area contributed by atoms with Crippen LogP contribution in [0.25, 0.3) is 10.8 Å². The lowest BCUT2D eigenvalue weighted by molar-refractivity contribution is -0.134. The van der Waals surface area contributed by atoms with Crippen LogP contribution in [0.4, 0.5) is 16.6 Å². The van der Waals surface area contributed by atoms with Gasteiger partial charge >= 0.3 is 5.97 Å². The number of benzene rings is 2. The molecule has 8 nitrogen and oxygen atoms in total. The summed E-state index contributed by atoms with van der Waals surface area (Å²) in [6, 6.07) is 13.6. The van der Waals surface area contributed by atoms with Crippen molar-refractivity contribution >= 4 is 50.6 Å². The molecule has 2 aromatic carbocycles. The second kappa shape index (κ2) is 8.46. The maximum atomic E-state index is 12.9. The van der Waals surface area contributed by atoms with Crippen molar-refractivity contribution in [2.45, 2.75) is 0 Å². The molecule has 1 aromatic heterocycles. The first-order chi connectivity index (χ1) is 14.1. The lowest BCUT2D eigenvalue weighted by atomic mass is 10.1. The largest absolute Gasteiger partial charge is 0.480 e. The van der Waals surface area contributed by atoms with Crippen LogP contribution in [0.3, 0.4) is 0 Å². The number of thiazole rings is 1. The van der Waals surface area contributed by atoms with Gasteiger partial charge in [-0.1, -0.05) is 41.7 Å². The Kier molecular flexibility index (Phi) is 5.59. The summed E-state index contributed by atoms with van der Waals surface area (Å²) >= 11 is 1.24. The molecule has 1 amide bonds. The maximum Gasteiger partial charge on any atom is 0.322 e. The molecule has 0 radical (unpaired) electrons. The number of carbonyl (C=O) groups is 2. The van der Waals surface area contributed by atoms with Gasteiger partial charge < -0.3 is 25.4 Å². The van der Waals surface area contributed by atoms with Gasteiger partial charge in [-0.25, -0.2) is 4.98 Å². The highest BCUT2D eigenvalue weighted by Gasteiger charge is 2.23. The Balaban J connectivity index is 1.58. The fraction of sp³-hybridized carbons (Fsp3) is 0.250. The van der Waals surface area contributed by atoms with E-state index in [1.165, 1.54) is 11.3 Å². The Morgan fingerprint density at radius 3 is 2.66 bits per heavy atom. The van der Waals surface area contributed by atoms with Crippen LogP contribution in [0, 0.1) is 0 Å². The quantitative estimate of drug-likeness (QED) is 0.572. The zero-order valence-electron chi connectivity index (χ0n) is 15.6. The van der Waals surface area contributed by atoms with E-state index >= 15 is 0 Å².